The molecule has 0 bridgehead atoms. The zero-order valence-corrected chi connectivity index (χ0v) is 69.9. The van der Waals surface area contributed by atoms with Crippen LogP contribution in [0, 0.1) is 13.8 Å². The predicted octanol–water partition coefficient (Wildman–Crippen LogP) is 4.68. The molecule has 0 saturated carbocycles. The first kappa shape index (κ1) is 87.4. The van der Waals surface area contributed by atoms with E-state index in [9.17, 15) is 40.9 Å². The van der Waals surface area contributed by atoms with Gasteiger partial charge in [-0.1, -0.05) is 47.0 Å². The molecule has 12 rings (SSSR count). The van der Waals surface area contributed by atoms with Crippen molar-refractivity contribution in [3.8, 4) is 6.01 Å². The molecule has 4 fully saturated rings. The smallest absolute Gasteiger partial charge is 0.397 e. The first-order valence-corrected chi connectivity index (χ1v) is 49.6. The third kappa shape index (κ3) is 21.6. The Kier molecular flexibility index (Phi) is 29.2. The number of fused-ring (bicyclic) bond motifs is 4. The Hall–Kier alpha value is -6.58. The predicted molar refractivity (Wildman–Crippen MR) is 446 cm³/mol. The SMILES string of the molecule is C=P(C)(C)CC[C@H]1OC(=[N+]2C=Nc3c(NC/C=C(/C)CO)nc(OC)nc32)[C@H](O)[C@@H]1O.C=P(C)(C)CC[C@H]1O[C@@H](n2cnc3c(N)nc(C)nc32)[C@H](O)[C@@H]1O.C=P(C)(C)CC[C@H]1O[C@@H](n2cnc3c(N)nc(C)nc32)[C@H](O)[C@@H]1O.C=P(C)(C)CC[C@H]1O[C@@H](n2cnc3c(NC/C=C(/C)CC)nc(SC)nc32)[C@H](O)[C@@H]1O. The number of rotatable bonds is 25. The van der Waals surface area contributed by atoms with Crippen LogP contribution >= 0.6 is 39.3 Å². The highest BCUT2D eigenvalue weighted by atomic mass is 32.2. The van der Waals surface area contributed by atoms with E-state index >= 15 is 0 Å². The van der Waals surface area contributed by atoms with Gasteiger partial charge in [0, 0.05) is 13.1 Å². The van der Waals surface area contributed by atoms with Crippen molar-refractivity contribution in [2.75, 3.05) is 133 Å². The quantitative estimate of drug-likeness (QED) is 0.0121. The van der Waals surface area contributed by atoms with Crippen molar-refractivity contribution in [1.82, 2.24) is 68.5 Å². The van der Waals surface area contributed by atoms with Crippen molar-refractivity contribution in [2.45, 2.75) is 164 Å². The molecule has 0 aromatic carbocycles. The standard InChI is InChI=1S/C21H34N5O3PS.C20H31N5O5P.2C15H24N5O3P/c1-7-13(2)8-10-22-18-15-19(25-21(24-18)31-6)26(12-23-15)20-17(28)16(27)14(29-20)9-11-30(3,4)5;1-12(10-26)6-8-21-17-14-18(24-20(23-17)29-2)25(11-22-14)19-16(28)15(27)13(30-19)7-9-31(3,4)5;2*1-8-18-13(16)10-14(19-8)20(7-17-10)15-12(22)11(21)9(23-15)5-6-24(2,3)4/h8,12,14,16-17,20,27-28H,3,7,9-11H2,1-2,4-6H3,(H,22,24,25);6,11,13,15-16,26-28H,3,7-10H2,1-2,4-5H3,(H,21,23,24);2*7,9,11-12,15,21-22H,2,5-6H2,1,3-4H3,(H2,16,18,19)/q;+1;;/b13-8-;12-6-,25-19?;;/t14-,16-,17-,20-;13-,15-,16-;2*9-,11-,12-,15-/m1111/s1. The van der Waals surface area contributed by atoms with E-state index in [1.807, 2.05) is 19.3 Å². The van der Waals surface area contributed by atoms with Gasteiger partial charge in [0.25, 0.3) is 11.6 Å². The van der Waals surface area contributed by atoms with Crippen LogP contribution in [0.1, 0.15) is 83.2 Å². The molecule has 110 heavy (non-hydrogen) atoms. The first-order valence-electron chi connectivity index (χ1n) is 36.2. The zero-order chi connectivity index (χ0) is 80.8. The Morgan fingerprint density at radius 3 is 1.38 bits per heavy atom. The maximum atomic E-state index is 10.7. The summed E-state index contributed by atoms with van der Waals surface area (Å²) in [5, 5.41) is 100. The summed E-state index contributed by atoms with van der Waals surface area (Å²) in [5.41, 5.74) is 17.4. The van der Waals surface area contributed by atoms with Gasteiger partial charge in [0.1, 0.15) is 71.5 Å². The van der Waals surface area contributed by atoms with Gasteiger partial charge in [-0.25, -0.2) is 44.9 Å². The number of hydrogen-bond donors (Lipinski definition) is 13. The summed E-state index contributed by atoms with van der Waals surface area (Å²) in [5.74, 6) is 3.21. The lowest BCUT2D eigenvalue weighted by Gasteiger charge is -2.18. The highest BCUT2D eigenvalue weighted by Crippen LogP contribution is 2.45. The summed E-state index contributed by atoms with van der Waals surface area (Å²) >= 11 is 1.43. The lowest BCUT2D eigenvalue weighted by atomic mass is 10.1. The number of nitrogen functional groups attached to an aromatic ring is 2. The molecule has 15 atom stereocenters. The molecule has 7 aromatic heterocycles. The summed E-state index contributed by atoms with van der Waals surface area (Å²) in [7, 11) is 1.46. The van der Waals surface area contributed by atoms with Crippen LogP contribution in [-0.2, 0) is 18.9 Å². The molecule has 0 unspecified atom stereocenters. The molecule has 39 heteroatoms. The van der Waals surface area contributed by atoms with Gasteiger partial charge in [0.2, 0.25) is 6.34 Å². The van der Waals surface area contributed by atoms with Crippen LogP contribution < -0.4 is 26.8 Å². The van der Waals surface area contributed by atoms with Crippen LogP contribution in [0.5, 0.6) is 6.01 Å². The van der Waals surface area contributed by atoms with Crippen molar-refractivity contribution < 1.29 is 74.2 Å². The minimum atomic E-state index is -1.29. The highest BCUT2D eigenvalue weighted by Gasteiger charge is 2.49. The molecular formula is C71H113N20O14P4S+. The van der Waals surface area contributed by atoms with Gasteiger partial charge < -0.3 is 91.7 Å². The number of nitrogens with two attached hydrogens (primary N) is 2. The third-order valence-electron chi connectivity index (χ3n) is 18.9. The number of nitrogens with zero attached hydrogens (tertiary/aromatic N) is 16. The number of aliphatic imine (C=N–C) groups is 1. The molecule has 0 spiro atoms. The van der Waals surface area contributed by atoms with Gasteiger partial charge in [-0.2, -0.15) is 9.56 Å². The van der Waals surface area contributed by atoms with Crippen LogP contribution in [0.25, 0.3) is 33.5 Å². The molecule has 15 N–H and O–H groups in total. The number of imidazole rings is 3. The number of aromatic nitrogens is 14. The van der Waals surface area contributed by atoms with E-state index in [0.29, 0.717) is 112 Å². The Morgan fingerprint density at radius 1 is 0.564 bits per heavy atom. The molecule has 7 aromatic rings. The van der Waals surface area contributed by atoms with Gasteiger partial charge in [0.05, 0.1) is 51.0 Å². The largest absolute Gasteiger partial charge is 0.463 e. The third-order valence-corrected chi connectivity index (χ3v) is 25.3. The normalized spacial score (nSPS) is 26.3. The van der Waals surface area contributed by atoms with Gasteiger partial charge in [-0.15, -0.1) is 52.7 Å². The number of anilines is 4. The number of aliphatic hydroxyl groups excluding tert-OH is 9. The molecule has 0 aliphatic carbocycles. The lowest BCUT2D eigenvalue weighted by molar-refractivity contribution is -0.313. The average molecular weight is 1630 g/mol. The van der Waals surface area contributed by atoms with Crippen molar-refractivity contribution in [3.63, 3.8) is 0 Å². The molecule has 5 aliphatic rings. The number of ether oxygens (including phenoxy) is 5. The van der Waals surface area contributed by atoms with Gasteiger partial charge in [0.15, 0.2) is 75.7 Å². The van der Waals surface area contributed by atoms with Crippen molar-refractivity contribution in [1.29, 1.82) is 0 Å². The summed E-state index contributed by atoms with van der Waals surface area (Å²) in [6, 6.07) is 0.119. The first-order chi connectivity index (χ1) is 51.6. The van der Waals surface area contributed by atoms with E-state index in [1.54, 1.807) is 33.9 Å². The maximum Gasteiger partial charge on any atom is 0.397 e. The second-order valence-corrected chi connectivity index (χ2v) is 49.0. The number of aryl methyl sites for hydroxylation is 2. The monoisotopic (exact) mass is 1630 g/mol. The summed E-state index contributed by atoms with van der Waals surface area (Å²) in [4.78, 5) is 52.0. The van der Waals surface area contributed by atoms with Crippen molar-refractivity contribution in [3.05, 3.63) is 53.9 Å². The Balaban J connectivity index is 0.000000170. The minimum absolute atomic E-state index is 0.0247. The van der Waals surface area contributed by atoms with E-state index in [2.05, 4.69) is 169 Å². The van der Waals surface area contributed by atoms with Crippen LogP contribution in [0.15, 0.2) is 52.4 Å². The molecule has 606 valence electrons. The Bertz CT molecular complexity index is 4590. The number of aliphatic hydroxyl groups is 9. The molecule has 34 nitrogen and oxygen atoms in total. The Labute approximate surface area is 646 Å². The molecule has 5 aliphatic heterocycles. The van der Waals surface area contributed by atoms with E-state index < -0.39 is 119 Å². The lowest BCUT2D eigenvalue weighted by Crippen LogP contribution is -2.33. The fourth-order valence-electron chi connectivity index (χ4n) is 12.5. The maximum absolute atomic E-state index is 10.7. The fourth-order valence-corrected chi connectivity index (χ4v) is 16.6. The highest BCUT2D eigenvalue weighted by molar-refractivity contribution is 7.98. The Morgan fingerprint density at radius 2 is 0.973 bits per heavy atom. The number of allylic oxidation sites excluding steroid dienone is 1. The van der Waals surface area contributed by atoms with Gasteiger partial charge in [-0.05, 0) is 149 Å². The number of methoxy groups -OCH3 is 1. The minimum Gasteiger partial charge on any atom is -0.463 e. The topological polar surface area (TPSA) is 476 Å². The van der Waals surface area contributed by atoms with Crippen LogP contribution in [0.2, 0.25) is 0 Å². The van der Waals surface area contributed by atoms with Crippen LogP contribution in [0.4, 0.5) is 34.8 Å². The van der Waals surface area contributed by atoms with E-state index in [0.717, 1.165) is 36.6 Å². The number of nitrogens with one attached hydrogen (secondary N) is 2. The number of thioether (sulfide) groups is 1. The molecule has 4 saturated heterocycles. The molecule has 0 radical (unpaired) electrons. The van der Waals surface area contributed by atoms with Crippen molar-refractivity contribution in [2.24, 2.45) is 4.99 Å². The fraction of sp³-hybridized carbons (Fsp3) is 0.592. The molecule has 0 amide bonds. The van der Waals surface area contributed by atoms with Gasteiger partial charge in [-0.3, -0.25) is 13.7 Å². The average Bonchev–Trinajstić information content (AvgIpc) is 1.63. The number of hydrogen-bond acceptors (Lipinski definition) is 31. The van der Waals surface area contributed by atoms with Gasteiger partial charge >= 0.3 is 11.8 Å². The molecular weight excluding hydrogens is 1510 g/mol. The zero-order valence-electron chi connectivity index (χ0n) is 65.5. The van der Waals surface area contributed by atoms with E-state index in [-0.39, 0.29) is 30.2 Å². The second kappa shape index (κ2) is 36.7. The summed E-state index contributed by atoms with van der Waals surface area (Å²) in [6.07, 6.45) is 23.3. The summed E-state index contributed by atoms with van der Waals surface area (Å²) < 4.78 is 35.5. The van der Waals surface area contributed by atoms with E-state index in [1.165, 1.54) is 48.0 Å². The molecule has 12 heterocycles. The second-order valence-electron chi connectivity index (χ2n) is 30.9. The van der Waals surface area contributed by atoms with Crippen LogP contribution in [-0.4, -0.2) is 341 Å². The summed E-state index contributed by atoms with van der Waals surface area (Å²) in [6.45, 7) is 22.6. The van der Waals surface area contributed by atoms with Crippen LogP contribution in [0.3, 0.4) is 0 Å². The van der Waals surface area contributed by atoms with E-state index in [4.69, 9.17) is 40.3 Å². The van der Waals surface area contributed by atoms with Crippen molar-refractivity contribution >= 4 is 145 Å².